The van der Waals surface area contributed by atoms with Crippen molar-refractivity contribution in [3.63, 3.8) is 0 Å². The van der Waals surface area contributed by atoms with E-state index in [-0.39, 0.29) is 11.9 Å². The Morgan fingerprint density at radius 2 is 1.86 bits per heavy atom. The van der Waals surface area contributed by atoms with Crippen molar-refractivity contribution in [1.82, 2.24) is 10.2 Å². The summed E-state index contributed by atoms with van der Waals surface area (Å²) in [5.41, 5.74) is 1.53. The molecule has 1 saturated heterocycles. The fourth-order valence-corrected chi connectivity index (χ4v) is 3.49. The van der Waals surface area contributed by atoms with E-state index in [1.165, 1.54) is 7.11 Å². The number of halogens is 1. The number of benzene rings is 2. The third-order valence-electron chi connectivity index (χ3n) is 4.85. The Morgan fingerprint density at radius 3 is 2.50 bits per heavy atom. The molecule has 0 unspecified atom stereocenters. The summed E-state index contributed by atoms with van der Waals surface area (Å²) in [6.45, 7) is 3.45. The standard InChI is InChI=1S/C21H25ClN2O4/c1-26-17-6-3-15(4-7-17)19(24-9-11-28-12-10-24)14-23-21(25)18-13-16(22)5-8-20(18)27-2/h3-8,13,19H,9-12,14H2,1-2H3,(H,23,25)/t19-/m1/s1. The highest BCUT2D eigenvalue weighted by Crippen LogP contribution is 2.25. The molecular weight excluding hydrogens is 380 g/mol. The van der Waals surface area contributed by atoms with Crippen LogP contribution in [0.1, 0.15) is 22.0 Å². The number of morpholine rings is 1. The van der Waals surface area contributed by atoms with Gasteiger partial charge in [-0.15, -0.1) is 0 Å². The Bertz CT molecular complexity index is 791. The predicted molar refractivity (Wildman–Crippen MR) is 108 cm³/mol. The van der Waals surface area contributed by atoms with Crippen LogP contribution in [0.3, 0.4) is 0 Å². The first-order valence-corrected chi connectivity index (χ1v) is 9.57. The van der Waals surface area contributed by atoms with Gasteiger partial charge in [-0.3, -0.25) is 9.69 Å². The molecule has 6 nitrogen and oxygen atoms in total. The molecule has 0 spiro atoms. The van der Waals surface area contributed by atoms with Crippen molar-refractivity contribution in [3.05, 3.63) is 58.6 Å². The highest BCUT2D eigenvalue weighted by Gasteiger charge is 2.24. The zero-order chi connectivity index (χ0) is 19.9. The number of nitrogens with one attached hydrogen (secondary N) is 1. The molecule has 150 valence electrons. The number of ether oxygens (including phenoxy) is 3. The van der Waals surface area contributed by atoms with Gasteiger partial charge in [0, 0.05) is 24.7 Å². The average molecular weight is 405 g/mol. The van der Waals surface area contributed by atoms with Gasteiger partial charge in [-0.25, -0.2) is 0 Å². The Morgan fingerprint density at radius 1 is 1.14 bits per heavy atom. The van der Waals surface area contributed by atoms with Crippen LogP contribution >= 0.6 is 11.6 Å². The summed E-state index contributed by atoms with van der Waals surface area (Å²) in [5, 5.41) is 3.53. The highest BCUT2D eigenvalue weighted by molar-refractivity contribution is 6.31. The van der Waals surface area contributed by atoms with Gasteiger partial charge in [0.2, 0.25) is 0 Å². The Hall–Kier alpha value is -2.28. The summed E-state index contributed by atoms with van der Waals surface area (Å²) in [6, 6.07) is 13.0. The van der Waals surface area contributed by atoms with Crippen LogP contribution in [0, 0.1) is 0 Å². The van der Waals surface area contributed by atoms with E-state index in [0.717, 1.165) is 24.4 Å². The summed E-state index contributed by atoms with van der Waals surface area (Å²) in [4.78, 5) is 15.1. The van der Waals surface area contributed by atoms with E-state index in [1.54, 1.807) is 25.3 Å². The van der Waals surface area contributed by atoms with Gasteiger partial charge in [0.15, 0.2) is 0 Å². The Kier molecular flexibility index (Phi) is 7.14. The first kappa shape index (κ1) is 20.5. The fraction of sp³-hybridized carbons (Fsp3) is 0.381. The molecule has 1 N–H and O–H groups in total. The molecule has 7 heteroatoms. The largest absolute Gasteiger partial charge is 0.497 e. The van der Waals surface area contributed by atoms with E-state index in [1.807, 2.05) is 24.3 Å². The minimum atomic E-state index is -0.217. The molecule has 0 aromatic heterocycles. The molecule has 1 aliphatic rings. The predicted octanol–water partition coefficient (Wildman–Crippen LogP) is 3.16. The lowest BCUT2D eigenvalue weighted by molar-refractivity contribution is 0.0162. The molecule has 1 fully saturated rings. The second-order valence-corrected chi connectivity index (χ2v) is 6.93. The molecule has 3 rings (SSSR count). The summed E-state index contributed by atoms with van der Waals surface area (Å²) >= 11 is 6.06. The normalized spacial score (nSPS) is 15.7. The monoisotopic (exact) mass is 404 g/mol. The van der Waals surface area contributed by atoms with Crippen LogP contribution in [0.2, 0.25) is 5.02 Å². The van der Waals surface area contributed by atoms with Crippen molar-refractivity contribution in [1.29, 1.82) is 0 Å². The molecule has 1 heterocycles. The molecule has 0 bridgehead atoms. The topological polar surface area (TPSA) is 60.0 Å². The van der Waals surface area contributed by atoms with Crippen molar-refractivity contribution in [3.8, 4) is 11.5 Å². The van der Waals surface area contributed by atoms with Crippen LogP contribution in [0.5, 0.6) is 11.5 Å². The van der Waals surface area contributed by atoms with Crippen molar-refractivity contribution in [2.24, 2.45) is 0 Å². The number of carbonyl (C=O) groups is 1. The van der Waals surface area contributed by atoms with Gasteiger partial charge < -0.3 is 19.5 Å². The van der Waals surface area contributed by atoms with Gasteiger partial charge in [0.05, 0.1) is 39.0 Å². The maximum absolute atomic E-state index is 12.8. The molecule has 1 atom stereocenters. The average Bonchev–Trinajstić information content (AvgIpc) is 2.75. The minimum absolute atomic E-state index is 0.0314. The molecule has 28 heavy (non-hydrogen) atoms. The number of carbonyl (C=O) groups excluding carboxylic acids is 1. The first-order chi connectivity index (χ1) is 13.6. The molecule has 0 saturated carbocycles. The van der Waals surface area contributed by atoms with E-state index >= 15 is 0 Å². The van der Waals surface area contributed by atoms with Crippen LogP contribution in [-0.4, -0.2) is 57.9 Å². The molecule has 0 radical (unpaired) electrons. The van der Waals surface area contributed by atoms with Crippen molar-refractivity contribution < 1.29 is 19.0 Å². The number of rotatable bonds is 7. The van der Waals surface area contributed by atoms with Gasteiger partial charge in [0.1, 0.15) is 11.5 Å². The second-order valence-electron chi connectivity index (χ2n) is 6.49. The number of amides is 1. The number of hydrogen-bond acceptors (Lipinski definition) is 5. The van der Waals surface area contributed by atoms with Crippen LogP contribution in [-0.2, 0) is 4.74 Å². The molecule has 2 aromatic carbocycles. The number of methoxy groups -OCH3 is 2. The maximum atomic E-state index is 12.8. The number of nitrogens with zero attached hydrogens (tertiary/aromatic N) is 1. The zero-order valence-corrected chi connectivity index (χ0v) is 16.9. The Labute approximate surface area is 170 Å². The van der Waals surface area contributed by atoms with Crippen LogP contribution in [0.25, 0.3) is 0 Å². The molecule has 2 aromatic rings. The van der Waals surface area contributed by atoms with Gasteiger partial charge in [-0.05, 0) is 35.9 Å². The summed E-state index contributed by atoms with van der Waals surface area (Å²) < 4.78 is 16.0. The SMILES string of the molecule is COc1ccc([C@@H](CNC(=O)c2cc(Cl)ccc2OC)N2CCOCC2)cc1. The van der Waals surface area contributed by atoms with E-state index < -0.39 is 0 Å². The van der Waals surface area contributed by atoms with Crippen molar-refractivity contribution in [2.75, 3.05) is 47.1 Å². The minimum Gasteiger partial charge on any atom is -0.497 e. The van der Waals surface area contributed by atoms with Gasteiger partial charge in [-0.2, -0.15) is 0 Å². The highest BCUT2D eigenvalue weighted by atomic mass is 35.5. The van der Waals surface area contributed by atoms with Gasteiger partial charge in [0.25, 0.3) is 5.91 Å². The lowest BCUT2D eigenvalue weighted by atomic mass is 10.0. The number of hydrogen-bond donors (Lipinski definition) is 1. The van der Waals surface area contributed by atoms with Crippen LogP contribution in [0.4, 0.5) is 0 Å². The lowest BCUT2D eigenvalue weighted by Gasteiger charge is -2.35. The van der Waals surface area contributed by atoms with Crippen LogP contribution < -0.4 is 14.8 Å². The Balaban J connectivity index is 1.77. The third-order valence-corrected chi connectivity index (χ3v) is 5.08. The first-order valence-electron chi connectivity index (χ1n) is 9.20. The van der Waals surface area contributed by atoms with Gasteiger partial charge in [-0.1, -0.05) is 23.7 Å². The van der Waals surface area contributed by atoms with E-state index in [0.29, 0.717) is 36.1 Å². The molecule has 0 aliphatic carbocycles. The van der Waals surface area contributed by atoms with Crippen molar-refractivity contribution in [2.45, 2.75) is 6.04 Å². The van der Waals surface area contributed by atoms with Crippen LogP contribution in [0.15, 0.2) is 42.5 Å². The smallest absolute Gasteiger partial charge is 0.255 e. The van der Waals surface area contributed by atoms with Crippen molar-refractivity contribution >= 4 is 17.5 Å². The molecular formula is C21H25ClN2O4. The zero-order valence-electron chi connectivity index (χ0n) is 16.1. The molecule has 1 aliphatic heterocycles. The van der Waals surface area contributed by atoms with E-state index in [2.05, 4.69) is 10.2 Å². The molecule has 1 amide bonds. The third kappa shape index (κ3) is 4.95. The van der Waals surface area contributed by atoms with Gasteiger partial charge >= 0.3 is 0 Å². The van der Waals surface area contributed by atoms with E-state index in [4.69, 9.17) is 25.8 Å². The fourth-order valence-electron chi connectivity index (χ4n) is 3.32. The quantitative estimate of drug-likeness (QED) is 0.768. The summed E-state index contributed by atoms with van der Waals surface area (Å²) in [5.74, 6) is 1.08. The lowest BCUT2D eigenvalue weighted by Crippen LogP contribution is -2.43. The summed E-state index contributed by atoms with van der Waals surface area (Å²) in [6.07, 6.45) is 0. The summed E-state index contributed by atoms with van der Waals surface area (Å²) in [7, 11) is 3.18. The van der Waals surface area contributed by atoms with E-state index in [9.17, 15) is 4.79 Å². The second kappa shape index (κ2) is 9.78. The maximum Gasteiger partial charge on any atom is 0.255 e.